The molecule has 0 N–H and O–H groups in total. The average Bonchev–Trinajstić information content (AvgIpc) is 3.11. The second-order valence-electron chi connectivity index (χ2n) is 10.1. The third kappa shape index (κ3) is 4.63. The Bertz CT molecular complexity index is 652. The molecule has 2 unspecified atom stereocenters. The molecule has 5 nitrogen and oxygen atoms in total. The second kappa shape index (κ2) is 8.18. The summed E-state index contributed by atoms with van der Waals surface area (Å²) < 4.78 is 17.5. The fourth-order valence-corrected chi connectivity index (χ4v) is 5.56. The molecule has 1 aromatic carbocycles. The van der Waals surface area contributed by atoms with E-state index < -0.39 is 0 Å². The third-order valence-electron chi connectivity index (χ3n) is 6.94. The zero-order valence-electron chi connectivity index (χ0n) is 18.8. The zero-order chi connectivity index (χ0) is 20.6. The van der Waals surface area contributed by atoms with Crippen LogP contribution in [0.25, 0.3) is 0 Å². The highest BCUT2D eigenvalue weighted by Gasteiger charge is 2.45. The Morgan fingerprint density at radius 3 is 1.72 bits per heavy atom. The van der Waals surface area contributed by atoms with Crippen LogP contribution in [0, 0.1) is 0 Å². The van der Waals surface area contributed by atoms with Crippen LogP contribution in [0.3, 0.4) is 0 Å². The van der Waals surface area contributed by atoms with Crippen molar-refractivity contribution in [3.63, 3.8) is 0 Å². The van der Waals surface area contributed by atoms with Gasteiger partial charge in [0.1, 0.15) is 5.75 Å². The number of benzene rings is 1. The molecule has 0 aromatic heterocycles. The van der Waals surface area contributed by atoms with Crippen molar-refractivity contribution in [2.75, 3.05) is 33.4 Å². The molecule has 0 saturated carbocycles. The molecular weight excluding hydrogens is 364 g/mol. The van der Waals surface area contributed by atoms with Crippen LogP contribution in [0.1, 0.15) is 65.1 Å². The zero-order valence-corrected chi connectivity index (χ0v) is 18.8. The van der Waals surface area contributed by atoms with E-state index in [9.17, 15) is 0 Å². The molecule has 3 aliphatic rings. The van der Waals surface area contributed by atoms with E-state index in [1.807, 2.05) is 0 Å². The topological polar surface area (TPSA) is 34.2 Å². The van der Waals surface area contributed by atoms with E-state index in [2.05, 4.69) is 61.8 Å². The molecule has 3 saturated heterocycles. The molecule has 3 heterocycles. The lowest BCUT2D eigenvalue weighted by Crippen LogP contribution is -2.49. The lowest BCUT2D eigenvalue weighted by Gasteiger charge is -2.46. The summed E-state index contributed by atoms with van der Waals surface area (Å²) in [6.07, 6.45) is 4.73. The molecule has 0 radical (unpaired) electrons. The van der Waals surface area contributed by atoms with Crippen molar-refractivity contribution in [1.29, 1.82) is 0 Å². The SMILES string of the molecule is COc1ccc(C2N(C3CCOC(C)(C)C3)CCN2C2CCOC(C)(C)C2)cc1. The van der Waals surface area contributed by atoms with Gasteiger partial charge in [-0.2, -0.15) is 0 Å². The van der Waals surface area contributed by atoms with E-state index in [1.165, 1.54) is 5.56 Å². The predicted molar refractivity (Wildman–Crippen MR) is 115 cm³/mol. The van der Waals surface area contributed by atoms with Crippen molar-refractivity contribution < 1.29 is 14.2 Å². The molecule has 3 aliphatic heterocycles. The molecule has 0 amide bonds. The fourth-order valence-electron chi connectivity index (χ4n) is 5.56. The highest BCUT2D eigenvalue weighted by Crippen LogP contribution is 2.41. The molecule has 1 aromatic rings. The van der Waals surface area contributed by atoms with Gasteiger partial charge in [0.05, 0.1) is 24.5 Å². The maximum atomic E-state index is 6.02. The molecule has 29 heavy (non-hydrogen) atoms. The summed E-state index contributed by atoms with van der Waals surface area (Å²) in [5.41, 5.74) is 1.29. The molecule has 162 valence electrons. The summed E-state index contributed by atoms with van der Waals surface area (Å²) in [5.74, 6) is 0.921. The van der Waals surface area contributed by atoms with Gasteiger partial charge in [0.15, 0.2) is 0 Å². The van der Waals surface area contributed by atoms with Crippen LogP contribution in [0.15, 0.2) is 24.3 Å². The molecule has 2 atom stereocenters. The summed E-state index contributed by atoms with van der Waals surface area (Å²) >= 11 is 0. The second-order valence-corrected chi connectivity index (χ2v) is 10.1. The minimum absolute atomic E-state index is 0.0402. The molecular formula is C24H38N2O3. The van der Waals surface area contributed by atoms with Crippen molar-refractivity contribution in [3.05, 3.63) is 29.8 Å². The van der Waals surface area contributed by atoms with Crippen LogP contribution in [-0.2, 0) is 9.47 Å². The minimum Gasteiger partial charge on any atom is -0.497 e. The summed E-state index contributed by atoms with van der Waals surface area (Å²) in [7, 11) is 1.73. The van der Waals surface area contributed by atoms with Gasteiger partial charge in [0, 0.05) is 38.4 Å². The van der Waals surface area contributed by atoms with Crippen molar-refractivity contribution in [3.8, 4) is 5.75 Å². The smallest absolute Gasteiger partial charge is 0.118 e. The number of hydrogen-bond acceptors (Lipinski definition) is 5. The quantitative estimate of drug-likeness (QED) is 0.753. The highest BCUT2D eigenvalue weighted by atomic mass is 16.5. The summed E-state index contributed by atoms with van der Waals surface area (Å²) in [6, 6.07) is 9.83. The van der Waals surface area contributed by atoms with Crippen LogP contribution in [0.2, 0.25) is 0 Å². The third-order valence-corrected chi connectivity index (χ3v) is 6.94. The van der Waals surface area contributed by atoms with E-state index in [1.54, 1.807) is 7.11 Å². The molecule has 0 aliphatic carbocycles. The van der Waals surface area contributed by atoms with Gasteiger partial charge in [0.2, 0.25) is 0 Å². The first-order valence-electron chi connectivity index (χ1n) is 11.2. The van der Waals surface area contributed by atoms with Gasteiger partial charge in [-0.25, -0.2) is 0 Å². The number of rotatable bonds is 4. The maximum absolute atomic E-state index is 6.02. The van der Waals surface area contributed by atoms with Crippen molar-refractivity contribution in [1.82, 2.24) is 9.80 Å². The first kappa shape index (κ1) is 21.1. The van der Waals surface area contributed by atoms with E-state index in [0.29, 0.717) is 18.2 Å². The molecule has 3 fully saturated rings. The highest BCUT2D eigenvalue weighted by molar-refractivity contribution is 5.30. The van der Waals surface area contributed by atoms with E-state index >= 15 is 0 Å². The molecule has 0 spiro atoms. The standard InChI is InChI=1S/C24H38N2O3/c1-23(2)16-19(10-14-28-23)25-12-13-26(20-11-15-29-24(3,4)17-20)22(25)18-6-8-21(27-5)9-7-18/h6-9,19-20,22H,10-17H2,1-5H3. The normalized spacial score (nSPS) is 32.9. The Labute approximate surface area is 176 Å². The first-order chi connectivity index (χ1) is 13.8. The molecule has 5 heteroatoms. The first-order valence-corrected chi connectivity index (χ1v) is 11.2. The minimum atomic E-state index is -0.0402. The summed E-state index contributed by atoms with van der Waals surface area (Å²) in [5, 5.41) is 0. The van der Waals surface area contributed by atoms with Gasteiger partial charge in [0.25, 0.3) is 0 Å². The van der Waals surface area contributed by atoms with Crippen LogP contribution in [-0.4, -0.2) is 66.5 Å². The lowest BCUT2D eigenvalue weighted by atomic mass is 9.91. The number of nitrogens with zero attached hydrogens (tertiary/aromatic N) is 2. The summed E-state index contributed by atoms with van der Waals surface area (Å²) in [6.45, 7) is 12.9. The van der Waals surface area contributed by atoms with E-state index in [0.717, 1.165) is 57.7 Å². The number of methoxy groups -OCH3 is 1. The van der Waals surface area contributed by atoms with Crippen LogP contribution in [0.4, 0.5) is 0 Å². The van der Waals surface area contributed by atoms with E-state index in [-0.39, 0.29) is 11.2 Å². The Kier molecular flexibility index (Phi) is 5.95. The average molecular weight is 403 g/mol. The van der Waals surface area contributed by atoms with Crippen molar-refractivity contribution >= 4 is 0 Å². The summed E-state index contributed by atoms with van der Waals surface area (Å²) in [4.78, 5) is 5.49. The maximum Gasteiger partial charge on any atom is 0.118 e. The molecule has 4 rings (SSSR count). The van der Waals surface area contributed by atoms with Crippen LogP contribution in [0.5, 0.6) is 5.75 Å². The predicted octanol–water partition coefficient (Wildman–Crippen LogP) is 4.23. The Balaban J connectivity index is 1.62. The lowest BCUT2D eigenvalue weighted by molar-refractivity contribution is -0.105. The molecule has 0 bridgehead atoms. The van der Waals surface area contributed by atoms with Gasteiger partial charge < -0.3 is 14.2 Å². The van der Waals surface area contributed by atoms with Crippen molar-refractivity contribution in [2.45, 2.75) is 82.8 Å². The van der Waals surface area contributed by atoms with Gasteiger partial charge in [-0.15, -0.1) is 0 Å². The largest absolute Gasteiger partial charge is 0.497 e. The monoisotopic (exact) mass is 402 g/mol. The van der Waals surface area contributed by atoms with Gasteiger partial charge in [-0.1, -0.05) is 12.1 Å². The van der Waals surface area contributed by atoms with Gasteiger partial charge >= 0.3 is 0 Å². The van der Waals surface area contributed by atoms with E-state index in [4.69, 9.17) is 14.2 Å². The number of hydrogen-bond donors (Lipinski definition) is 0. The number of ether oxygens (including phenoxy) is 3. The fraction of sp³-hybridized carbons (Fsp3) is 0.750. The van der Waals surface area contributed by atoms with Gasteiger partial charge in [-0.3, -0.25) is 9.80 Å². The van der Waals surface area contributed by atoms with Crippen LogP contribution >= 0.6 is 0 Å². The Morgan fingerprint density at radius 2 is 1.31 bits per heavy atom. The Hall–Kier alpha value is -1.14. The van der Waals surface area contributed by atoms with Gasteiger partial charge in [-0.05, 0) is 71.1 Å². The van der Waals surface area contributed by atoms with Crippen molar-refractivity contribution in [2.24, 2.45) is 0 Å². The Morgan fingerprint density at radius 1 is 0.828 bits per heavy atom. The van der Waals surface area contributed by atoms with Crippen LogP contribution < -0.4 is 4.74 Å².